The highest BCUT2D eigenvalue weighted by molar-refractivity contribution is 7.07. The molecule has 0 aliphatic carbocycles. The molecule has 0 atom stereocenters. The predicted molar refractivity (Wildman–Crippen MR) is 103 cm³/mol. The van der Waals surface area contributed by atoms with E-state index >= 15 is 0 Å². The van der Waals surface area contributed by atoms with E-state index in [1.807, 2.05) is 38.1 Å². The molecule has 0 fully saturated rings. The Hall–Kier alpha value is -3.48. The van der Waals surface area contributed by atoms with Crippen molar-refractivity contribution in [1.82, 2.24) is 4.57 Å². The van der Waals surface area contributed by atoms with Crippen LogP contribution in [-0.2, 0) is 0 Å². The minimum atomic E-state index is -0.365. The van der Waals surface area contributed by atoms with E-state index in [2.05, 4.69) is 0 Å². The highest BCUT2D eigenvalue weighted by atomic mass is 32.1. The van der Waals surface area contributed by atoms with Crippen molar-refractivity contribution in [2.75, 3.05) is 0 Å². The molecular weight excluding hydrogens is 361 g/mol. The van der Waals surface area contributed by atoms with Crippen LogP contribution in [0, 0.1) is 42.3 Å². The van der Waals surface area contributed by atoms with E-state index in [0.29, 0.717) is 15.8 Å². The van der Waals surface area contributed by atoms with Gasteiger partial charge in [-0.15, -0.1) is 11.3 Å². The normalized spacial score (nSPS) is 11.1. The van der Waals surface area contributed by atoms with Crippen molar-refractivity contribution >= 4 is 23.0 Å². The lowest BCUT2D eigenvalue weighted by Gasteiger charge is -2.07. The Morgan fingerprint density at radius 2 is 1.78 bits per heavy atom. The molecule has 0 aliphatic heterocycles. The Labute approximate surface area is 159 Å². The molecule has 0 amide bonds. The molecule has 1 aromatic heterocycles. The maximum Gasteiger partial charge on any atom is 0.273 e. The Bertz CT molecular complexity index is 1270. The summed E-state index contributed by atoms with van der Waals surface area (Å²) >= 11 is 1.07. The van der Waals surface area contributed by atoms with Crippen LogP contribution in [0.25, 0.3) is 17.3 Å². The lowest BCUT2D eigenvalue weighted by Crippen LogP contribution is -2.31. The second kappa shape index (κ2) is 7.41. The summed E-state index contributed by atoms with van der Waals surface area (Å²) in [5.74, 6) is -0.365. The summed E-state index contributed by atoms with van der Waals surface area (Å²) < 4.78 is 15.2. The number of hydrogen-bond donors (Lipinski definition) is 0. The van der Waals surface area contributed by atoms with Gasteiger partial charge in [-0.3, -0.25) is 9.36 Å². The van der Waals surface area contributed by atoms with E-state index < -0.39 is 0 Å². The summed E-state index contributed by atoms with van der Waals surface area (Å²) in [5.41, 5.74) is 2.73. The molecule has 27 heavy (non-hydrogen) atoms. The van der Waals surface area contributed by atoms with Gasteiger partial charge in [-0.1, -0.05) is 29.8 Å². The predicted octanol–water partition coefficient (Wildman–Crippen LogP) is 2.68. The van der Waals surface area contributed by atoms with Gasteiger partial charge in [-0.2, -0.15) is 10.5 Å². The van der Waals surface area contributed by atoms with Crippen molar-refractivity contribution < 1.29 is 4.39 Å². The first-order valence-electron chi connectivity index (χ1n) is 8.06. The van der Waals surface area contributed by atoms with E-state index in [1.165, 1.54) is 16.7 Å². The lowest BCUT2D eigenvalue weighted by atomic mass is 10.1. The van der Waals surface area contributed by atoms with Crippen LogP contribution in [0.15, 0.2) is 47.3 Å². The number of hydrogen-bond acceptors (Lipinski definition) is 4. The fourth-order valence-corrected chi connectivity index (χ4v) is 3.80. The largest absolute Gasteiger partial charge is 0.273 e. The minimum Gasteiger partial charge on any atom is -0.267 e. The summed E-state index contributed by atoms with van der Waals surface area (Å²) in [5, 5.41) is 18.6. The molecule has 3 aromatic rings. The molecule has 0 radical (unpaired) electrons. The van der Waals surface area contributed by atoms with Gasteiger partial charge in [-0.05, 0) is 49.2 Å². The summed E-state index contributed by atoms with van der Waals surface area (Å²) in [6.07, 6.45) is 1.63. The monoisotopic (exact) mass is 375 g/mol. The Morgan fingerprint density at radius 1 is 1.11 bits per heavy atom. The average molecular weight is 375 g/mol. The van der Waals surface area contributed by atoms with Crippen LogP contribution in [0.2, 0.25) is 0 Å². The summed E-state index contributed by atoms with van der Waals surface area (Å²) in [7, 11) is 0. The van der Waals surface area contributed by atoms with Crippen molar-refractivity contribution in [2.45, 2.75) is 13.8 Å². The number of nitrogens with zero attached hydrogens (tertiary/aromatic N) is 3. The highest BCUT2D eigenvalue weighted by Crippen LogP contribution is 2.13. The maximum absolute atomic E-state index is 13.1. The number of halogens is 1. The van der Waals surface area contributed by atoms with Crippen molar-refractivity contribution in [1.29, 1.82) is 10.5 Å². The molecule has 1 heterocycles. The molecule has 0 saturated heterocycles. The highest BCUT2D eigenvalue weighted by Gasteiger charge is 2.13. The number of aryl methyl sites for hydroxylation is 2. The van der Waals surface area contributed by atoms with E-state index in [-0.39, 0.29) is 21.6 Å². The van der Waals surface area contributed by atoms with Crippen molar-refractivity contribution in [3.8, 4) is 17.8 Å². The van der Waals surface area contributed by atoms with E-state index in [0.717, 1.165) is 22.5 Å². The zero-order valence-corrected chi connectivity index (χ0v) is 15.5. The summed E-state index contributed by atoms with van der Waals surface area (Å²) in [6.45, 7) is 3.82. The lowest BCUT2D eigenvalue weighted by molar-refractivity contribution is 0.628. The molecule has 0 bridgehead atoms. The number of rotatable bonds is 2. The smallest absolute Gasteiger partial charge is 0.267 e. The molecule has 132 valence electrons. The molecule has 2 aromatic carbocycles. The fraction of sp³-hybridized carbons (Fsp3) is 0.0952. The number of thiazole rings is 1. The second-order valence-electron chi connectivity index (χ2n) is 6.00. The Kier molecular flexibility index (Phi) is 5.03. The zero-order chi connectivity index (χ0) is 19.6. The van der Waals surface area contributed by atoms with Gasteiger partial charge in [0.05, 0.1) is 10.2 Å². The maximum atomic E-state index is 13.1. The molecule has 0 saturated carbocycles. The van der Waals surface area contributed by atoms with Crippen LogP contribution >= 0.6 is 11.3 Å². The third-order valence-electron chi connectivity index (χ3n) is 4.02. The van der Waals surface area contributed by atoms with Crippen LogP contribution in [-0.4, -0.2) is 4.57 Å². The molecular formula is C21H14FN3OS. The number of aromatic nitrogens is 1. The van der Waals surface area contributed by atoms with Crippen molar-refractivity contribution in [2.24, 2.45) is 0 Å². The average Bonchev–Trinajstić information content (AvgIpc) is 2.95. The van der Waals surface area contributed by atoms with Crippen LogP contribution in [0.1, 0.15) is 16.7 Å². The zero-order valence-electron chi connectivity index (χ0n) is 14.7. The standard InChI is InChI=1S/C21H14FN3OS/c1-13-3-8-18(14(2)9-13)25-20(26)19(27-21(25)16(11-23)12-24)10-15-4-6-17(22)7-5-15/h3-10H,1-2H3/b19-10+. The quantitative estimate of drug-likeness (QED) is 0.691. The molecule has 4 nitrogen and oxygen atoms in total. The molecule has 0 unspecified atom stereocenters. The molecule has 0 N–H and O–H groups in total. The van der Waals surface area contributed by atoms with Gasteiger partial charge in [0.25, 0.3) is 5.56 Å². The third-order valence-corrected chi connectivity index (χ3v) is 5.11. The Balaban J connectivity index is 2.40. The van der Waals surface area contributed by atoms with Gasteiger partial charge >= 0.3 is 0 Å². The molecule has 0 aliphatic rings. The number of nitriles is 2. The third kappa shape index (κ3) is 3.57. The van der Waals surface area contributed by atoms with E-state index in [9.17, 15) is 19.7 Å². The first-order chi connectivity index (χ1) is 12.9. The minimum absolute atomic E-state index is 0.129. The van der Waals surface area contributed by atoms with Gasteiger partial charge < -0.3 is 0 Å². The SMILES string of the molecule is Cc1ccc(-n2c(=C(C#N)C#N)s/c(=C/c3ccc(F)cc3)c2=O)c(C)c1. The van der Waals surface area contributed by atoms with E-state index in [4.69, 9.17) is 0 Å². The first kappa shape index (κ1) is 18.3. The van der Waals surface area contributed by atoms with Crippen molar-refractivity contribution in [3.05, 3.63) is 84.5 Å². The van der Waals surface area contributed by atoms with Gasteiger partial charge in [0.15, 0.2) is 5.57 Å². The van der Waals surface area contributed by atoms with Crippen LogP contribution in [0.5, 0.6) is 0 Å². The van der Waals surface area contributed by atoms with Crippen LogP contribution in [0.3, 0.4) is 0 Å². The van der Waals surface area contributed by atoms with Gasteiger partial charge in [-0.25, -0.2) is 4.39 Å². The fourth-order valence-electron chi connectivity index (χ4n) is 2.76. The molecule has 0 spiro atoms. The van der Waals surface area contributed by atoms with Crippen molar-refractivity contribution in [3.63, 3.8) is 0 Å². The van der Waals surface area contributed by atoms with Crippen LogP contribution in [0.4, 0.5) is 4.39 Å². The summed E-state index contributed by atoms with van der Waals surface area (Å²) in [4.78, 5) is 13.1. The van der Waals surface area contributed by atoms with Gasteiger partial charge in [0.1, 0.15) is 22.6 Å². The summed E-state index contributed by atoms with van der Waals surface area (Å²) in [6, 6.07) is 15.1. The van der Waals surface area contributed by atoms with Crippen LogP contribution < -0.4 is 14.8 Å². The molecule has 3 rings (SSSR count). The Morgan fingerprint density at radius 3 is 2.37 bits per heavy atom. The topological polar surface area (TPSA) is 69.6 Å². The number of benzene rings is 2. The second-order valence-corrected chi connectivity index (χ2v) is 7.03. The molecule has 6 heteroatoms. The van der Waals surface area contributed by atoms with Gasteiger partial charge in [0, 0.05) is 0 Å². The van der Waals surface area contributed by atoms with E-state index in [1.54, 1.807) is 24.3 Å². The first-order valence-corrected chi connectivity index (χ1v) is 8.87. The van der Waals surface area contributed by atoms with Gasteiger partial charge in [0.2, 0.25) is 0 Å².